The summed E-state index contributed by atoms with van der Waals surface area (Å²) in [6, 6.07) is 1.95. The van der Waals surface area contributed by atoms with Gasteiger partial charge in [0.1, 0.15) is 0 Å². The van der Waals surface area contributed by atoms with Crippen molar-refractivity contribution >= 4 is 0 Å². The lowest BCUT2D eigenvalue weighted by Gasteiger charge is -2.21. The van der Waals surface area contributed by atoms with E-state index in [9.17, 15) is 5.11 Å². The first kappa shape index (κ1) is 11.2. The summed E-state index contributed by atoms with van der Waals surface area (Å²) < 4.78 is 1.77. The van der Waals surface area contributed by atoms with Crippen LogP contribution in [0.1, 0.15) is 26.5 Å². The molecule has 0 fully saturated rings. The van der Waals surface area contributed by atoms with Crippen molar-refractivity contribution in [2.45, 2.75) is 33.3 Å². The van der Waals surface area contributed by atoms with Gasteiger partial charge in [0, 0.05) is 19.7 Å². The maximum Gasteiger partial charge on any atom is 0.0650 e. The number of aryl methyl sites for hydroxylation is 1. The smallest absolute Gasteiger partial charge is 0.0650 e. The van der Waals surface area contributed by atoms with Crippen LogP contribution in [0.2, 0.25) is 0 Å². The van der Waals surface area contributed by atoms with E-state index in [-0.39, 0.29) is 6.10 Å². The van der Waals surface area contributed by atoms with Gasteiger partial charge in [0.05, 0.1) is 11.8 Å². The number of rotatable bonds is 4. The molecule has 0 spiro atoms. The minimum Gasteiger partial charge on any atom is -0.392 e. The fourth-order valence-corrected chi connectivity index (χ4v) is 1.42. The van der Waals surface area contributed by atoms with E-state index in [2.05, 4.69) is 25.9 Å². The predicted octanol–water partition coefficient (Wildman–Crippen LogP) is 1.62. The van der Waals surface area contributed by atoms with Gasteiger partial charge < -0.3 is 5.11 Å². The fraction of sp³-hybridized carbons (Fsp3) is 0.727. The Balaban J connectivity index is 2.52. The summed E-state index contributed by atoms with van der Waals surface area (Å²) in [5.41, 5.74) is 0.965. The summed E-state index contributed by atoms with van der Waals surface area (Å²) in [6.07, 6.45) is 2.27. The van der Waals surface area contributed by atoms with Gasteiger partial charge in [-0.2, -0.15) is 5.10 Å². The van der Waals surface area contributed by atoms with E-state index in [4.69, 9.17) is 0 Å². The Morgan fingerprint density at radius 1 is 1.43 bits per heavy atom. The van der Waals surface area contributed by atoms with Crippen LogP contribution in [0.5, 0.6) is 0 Å². The predicted molar refractivity (Wildman–Crippen MR) is 56.9 cm³/mol. The molecule has 0 saturated heterocycles. The number of hydrogen-bond donors (Lipinski definition) is 1. The summed E-state index contributed by atoms with van der Waals surface area (Å²) >= 11 is 0. The second kappa shape index (κ2) is 4.60. The zero-order valence-corrected chi connectivity index (χ0v) is 9.44. The molecule has 2 atom stereocenters. The van der Waals surface area contributed by atoms with Crippen molar-refractivity contribution in [3.05, 3.63) is 18.0 Å². The molecule has 1 N–H and O–H groups in total. The van der Waals surface area contributed by atoms with Gasteiger partial charge in [0.15, 0.2) is 0 Å². The van der Waals surface area contributed by atoms with Gasteiger partial charge in [0.25, 0.3) is 0 Å². The minimum atomic E-state index is -0.287. The summed E-state index contributed by atoms with van der Waals surface area (Å²) in [5, 5.41) is 14.2. The maximum atomic E-state index is 9.90. The van der Waals surface area contributed by atoms with E-state index >= 15 is 0 Å². The Morgan fingerprint density at radius 2 is 2.07 bits per heavy atom. The van der Waals surface area contributed by atoms with Gasteiger partial charge in [-0.05, 0) is 17.9 Å². The van der Waals surface area contributed by atoms with E-state index in [0.29, 0.717) is 18.3 Å². The molecule has 0 aliphatic heterocycles. The molecule has 1 aromatic rings. The molecule has 0 radical (unpaired) electrons. The van der Waals surface area contributed by atoms with Gasteiger partial charge in [-0.25, -0.2) is 0 Å². The number of aliphatic hydroxyl groups excluding tert-OH is 1. The van der Waals surface area contributed by atoms with E-state index < -0.39 is 0 Å². The fourth-order valence-electron chi connectivity index (χ4n) is 1.42. The lowest BCUT2D eigenvalue weighted by atomic mass is 9.90. The average molecular weight is 196 g/mol. The zero-order chi connectivity index (χ0) is 10.7. The normalized spacial score (nSPS) is 15.9. The van der Waals surface area contributed by atoms with Gasteiger partial charge in [0.2, 0.25) is 0 Å². The van der Waals surface area contributed by atoms with Crippen LogP contribution in [-0.2, 0) is 13.5 Å². The first-order chi connectivity index (χ1) is 6.50. The summed E-state index contributed by atoms with van der Waals surface area (Å²) in [5.74, 6) is 0.825. The van der Waals surface area contributed by atoms with Gasteiger partial charge in [-0.1, -0.05) is 20.8 Å². The maximum absolute atomic E-state index is 9.90. The molecule has 3 heteroatoms. The van der Waals surface area contributed by atoms with Crippen molar-refractivity contribution in [3.8, 4) is 0 Å². The third-order valence-corrected chi connectivity index (χ3v) is 2.85. The van der Waals surface area contributed by atoms with Crippen LogP contribution < -0.4 is 0 Å². The van der Waals surface area contributed by atoms with Gasteiger partial charge in [-0.15, -0.1) is 0 Å². The van der Waals surface area contributed by atoms with Crippen LogP contribution in [0, 0.1) is 11.8 Å². The Bertz CT molecular complexity index is 281. The molecule has 80 valence electrons. The lowest BCUT2D eigenvalue weighted by molar-refractivity contribution is 0.0911. The standard InChI is InChI=1S/C11H20N2O/c1-8(2)9(3)11(14)7-10-5-6-13(4)12-10/h5-6,8-9,11,14H,7H2,1-4H3. The second-order valence-electron chi connectivity index (χ2n) is 4.36. The van der Waals surface area contributed by atoms with Crippen LogP contribution in [0.4, 0.5) is 0 Å². The highest BCUT2D eigenvalue weighted by atomic mass is 16.3. The van der Waals surface area contributed by atoms with Crippen LogP contribution in [-0.4, -0.2) is 21.0 Å². The van der Waals surface area contributed by atoms with E-state index in [1.807, 2.05) is 19.3 Å². The van der Waals surface area contributed by atoms with E-state index in [1.165, 1.54) is 0 Å². The Labute approximate surface area is 85.8 Å². The van der Waals surface area contributed by atoms with Crippen LogP contribution in [0.3, 0.4) is 0 Å². The van der Waals surface area contributed by atoms with Crippen LogP contribution >= 0.6 is 0 Å². The first-order valence-electron chi connectivity index (χ1n) is 5.17. The minimum absolute atomic E-state index is 0.287. The molecule has 1 rings (SSSR count). The quantitative estimate of drug-likeness (QED) is 0.794. The molecule has 0 aliphatic rings. The highest BCUT2D eigenvalue weighted by molar-refractivity contribution is 5.00. The van der Waals surface area contributed by atoms with E-state index in [1.54, 1.807) is 4.68 Å². The third-order valence-electron chi connectivity index (χ3n) is 2.85. The van der Waals surface area contributed by atoms with Crippen LogP contribution in [0.25, 0.3) is 0 Å². The summed E-state index contributed by atoms with van der Waals surface area (Å²) in [7, 11) is 1.89. The SMILES string of the molecule is CC(C)C(C)C(O)Cc1ccn(C)n1. The third kappa shape index (κ3) is 2.84. The second-order valence-corrected chi connectivity index (χ2v) is 4.36. The first-order valence-corrected chi connectivity index (χ1v) is 5.17. The average Bonchev–Trinajstić information content (AvgIpc) is 2.49. The molecule has 1 heterocycles. The number of nitrogens with zero attached hydrogens (tertiary/aromatic N) is 2. The Morgan fingerprint density at radius 3 is 2.50 bits per heavy atom. The van der Waals surface area contributed by atoms with Gasteiger partial charge >= 0.3 is 0 Å². The molecular formula is C11H20N2O. The molecule has 3 nitrogen and oxygen atoms in total. The molecule has 14 heavy (non-hydrogen) atoms. The molecule has 0 aliphatic carbocycles. The molecule has 0 aromatic carbocycles. The lowest BCUT2D eigenvalue weighted by Crippen LogP contribution is -2.24. The molecule has 2 unspecified atom stereocenters. The van der Waals surface area contributed by atoms with Crippen molar-refractivity contribution in [2.75, 3.05) is 0 Å². The summed E-state index contributed by atoms with van der Waals surface area (Å²) in [4.78, 5) is 0. The topological polar surface area (TPSA) is 38.0 Å². The van der Waals surface area contributed by atoms with Crippen molar-refractivity contribution < 1.29 is 5.11 Å². The number of hydrogen-bond acceptors (Lipinski definition) is 2. The Hall–Kier alpha value is -0.830. The van der Waals surface area contributed by atoms with Crippen molar-refractivity contribution in [1.29, 1.82) is 0 Å². The molecule has 0 amide bonds. The monoisotopic (exact) mass is 196 g/mol. The summed E-state index contributed by atoms with van der Waals surface area (Å²) in [6.45, 7) is 6.34. The van der Waals surface area contributed by atoms with Crippen molar-refractivity contribution in [1.82, 2.24) is 9.78 Å². The van der Waals surface area contributed by atoms with Crippen molar-refractivity contribution in [2.24, 2.45) is 18.9 Å². The highest BCUT2D eigenvalue weighted by Gasteiger charge is 2.18. The van der Waals surface area contributed by atoms with Gasteiger partial charge in [-0.3, -0.25) is 4.68 Å². The van der Waals surface area contributed by atoms with Crippen molar-refractivity contribution in [3.63, 3.8) is 0 Å². The molecule has 0 saturated carbocycles. The number of aliphatic hydroxyl groups is 1. The molecular weight excluding hydrogens is 176 g/mol. The molecule has 1 aromatic heterocycles. The highest BCUT2D eigenvalue weighted by Crippen LogP contribution is 2.17. The zero-order valence-electron chi connectivity index (χ0n) is 9.44. The molecule has 0 bridgehead atoms. The van der Waals surface area contributed by atoms with Crippen LogP contribution in [0.15, 0.2) is 12.3 Å². The number of aromatic nitrogens is 2. The van der Waals surface area contributed by atoms with E-state index in [0.717, 1.165) is 5.69 Å². The largest absolute Gasteiger partial charge is 0.392 e. The Kier molecular flexibility index (Phi) is 3.69.